The van der Waals surface area contributed by atoms with Crippen LogP contribution in [0.25, 0.3) is 22.3 Å². The van der Waals surface area contributed by atoms with Gasteiger partial charge in [-0.1, -0.05) is 25.1 Å². The van der Waals surface area contributed by atoms with Crippen LogP contribution in [0.4, 0.5) is 4.39 Å². The number of likely N-dealkylation sites (tertiary alicyclic amines) is 1. The van der Waals surface area contributed by atoms with E-state index < -0.39 is 6.04 Å². The minimum absolute atomic E-state index is 0.0158. The van der Waals surface area contributed by atoms with Crippen LogP contribution in [-0.4, -0.2) is 44.7 Å². The summed E-state index contributed by atoms with van der Waals surface area (Å²) in [5.74, 6) is 1.02. The molecule has 0 aliphatic carbocycles. The van der Waals surface area contributed by atoms with Crippen molar-refractivity contribution in [2.75, 3.05) is 13.2 Å². The lowest BCUT2D eigenvalue weighted by Gasteiger charge is -2.37. The maximum Gasteiger partial charge on any atom is 0.223 e. The summed E-state index contributed by atoms with van der Waals surface area (Å²) in [4.78, 5) is 39.4. The highest BCUT2D eigenvalue weighted by Gasteiger charge is 2.34. The van der Waals surface area contributed by atoms with Crippen LogP contribution in [0.2, 0.25) is 0 Å². The Morgan fingerprint density at radius 3 is 2.90 bits per heavy atom. The van der Waals surface area contributed by atoms with Crippen molar-refractivity contribution in [2.45, 2.75) is 45.1 Å². The molecular formula is C31H31FN4O3. The van der Waals surface area contributed by atoms with Crippen molar-refractivity contribution in [2.24, 2.45) is 11.8 Å². The van der Waals surface area contributed by atoms with Gasteiger partial charge in [0, 0.05) is 37.6 Å². The van der Waals surface area contributed by atoms with Gasteiger partial charge in [0.2, 0.25) is 5.91 Å². The molecule has 2 aliphatic rings. The summed E-state index contributed by atoms with van der Waals surface area (Å²) in [6.45, 7) is 3.10. The molecule has 0 saturated carbocycles. The van der Waals surface area contributed by atoms with E-state index in [0.717, 1.165) is 40.8 Å². The maximum atomic E-state index is 14.0. The Kier molecular flexibility index (Phi) is 6.85. The quantitative estimate of drug-likeness (QED) is 0.371. The van der Waals surface area contributed by atoms with Gasteiger partial charge < -0.3 is 14.6 Å². The molecular weight excluding hydrogens is 495 g/mol. The lowest BCUT2D eigenvalue weighted by Crippen LogP contribution is -2.42. The zero-order chi connectivity index (χ0) is 26.9. The summed E-state index contributed by atoms with van der Waals surface area (Å²) >= 11 is 0. The van der Waals surface area contributed by atoms with Crippen LogP contribution in [0.3, 0.4) is 0 Å². The second-order valence-electron chi connectivity index (χ2n) is 10.8. The van der Waals surface area contributed by atoms with Gasteiger partial charge in [-0.05, 0) is 71.7 Å². The number of benzene rings is 2. The molecule has 1 fully saturated rings. The second kappa shape index (κ2) is 10.6. The Morgan fingerprint density at radius 1 is 1.13 bits per heavy atom. The molecule has 1 saturated heterocycles. The summed E-state index contributed by atoms with van der Waals surface area (Å²) in [5.41, 5.74) is 5.42. The second-order valence-corrected chi connectivity index (χ2v) is 10.8. The molecule has 2 aromatic carbocycles. The standard InChI is InChI=1S/C31H31FN4O3/c1-19-11-23-12-21(24-14-27-31(33-17-24)35-18-34-27)5-6-29(23)39-10-8-20(19)15-30(38)36-9-7-26(37)16-28(36)22-3-2-4-25(32)13-22/h2-6,12-14,17-20,28H,7-11,15-16H2,1H3,(H,33,34,35). The molecule has 2 aliphatic heterocycles. The third-order valence-electron chi connectivity index (χ3n) is 8.18. The van der Waals surface area contributed by atoms with E-state index in [2.05, 4.69) is 34.0 Å². The highest BCUT2D eigenvalue weighted by atomic mass is 19.1. The number of carbonyl (C=O) groups excluding carboxylic acids is 2. The Balaban J connectivity index is 1.19. The van der Waals surface area contributed by atoms with Crippen LogP contribution in [0.5, 0.6) is 5.75 Å². The molecule has 1 N–H and O–H groups in total. The fraction of sp³-hybridized carbons (Fsp3) is 0.355. The number of Topliss-reactive ketones (excluding diaryl/α,β-unsaturated/α-hetero) is 1. The van der Waals surface area contributed by atoms with Crippen LogP contribution < -0.4 is 4.74 Å². The maximum absolute atomic E-state index is 14.0. The van der Waals surface area contributed by atoms with Crippen molar-refractivity contribution in [1.29, 1.82) is 0 Å². The number of imidazole rings is 1. The number of aromatic nitrogens is 3. The van der Waals surface area contributed by atoms with Gasteiger partial charge >= 0.3 is 0 Å². The number of ketones is 1. The van der Waals surface area contributed by atoms with E-state index in [4.69, 9.17) is 4.74 Å². The number of amides is 1. The van der Waals surface area contributed by atoms with Crippen molar-refractivity contribution >= 4 is 22.9 Å². The molecule has 0 radical (unpaired) electrons. The monoisotopic (exact) mass is 526 g/mol. The zero-order valence-electron chi connectivity index (χ0n) is 21.9. The average Bonchev–Trinajstić information content (AvgIpc) is 3.40. The van der Waals surface area contributed by atoms with Crippen molar-refractivity contribution in [1.82, 2.24) is 19.9 Å². The Bertz CT molecular complexity index is 1530. The first-order chi connectivity index (χ1) is 18.9. The molecule has 0 spiro atoms. The number of H-pyrrole nitrogens is 1. The largest absolute Gasteiger partial charge is 0.493 e. The summed E-state index contributed by atoms with van der Waals surface area (Å²) in [7, 11) is 0. The van der Waals surface area contributed by atoms with Crippen molar-refractivity contribution in [3.8, 4) is 16.9 Å². The third kappa shape index (κ3) is 5.28. The molecule has 39 heavy (non-hydrogen) atoms. The van der Waals surface area contributed by atoms with E-state index in [-0.39, 0.29) is 35.8 Å². The number of carbonyl (C=O) groups is 2. The molecule has 6 rings (SSSR count). The van der Waals surface area contributed by atoms with Crippen LogP contribution in [0.1, 0.15) is 49.8 Å². The molecule has 7 nitrogen and oxygen atoms in total. The fourth-order valence-corrected chi connectivity index (χ4v) is 5.95. The number of hydrogen-bond donors (Lipinski definition) is 1. The Labute approximate surface area is 226 Å². The van der Waals surface area contributed by atoms with Gasteiger partial charge in [-0.2, -0.15) is 0 Å². The van der Waals surface area contributed by atoms with Crippen LogP contribution in [0.15, 0.2) is 61.1 Å². The Morgan fingerprint density at radius 2 is 2.03 bits per heavy atom. The first kappa shape index (κ1) is 25.2. The van der Waals surface area contributed by atoms with Crippen molar-refractivity contribution in [3.63, 3.8) is 0 Å². The predicted molar refractivity (Wildman–Crippen MR) is 146 cm³/mol. The summed E-state index contributed by atoms with van der Waals surface area (Å²) in [6.07, 6.45) is 5.97. The highest BCUT2D eigenvalue weighted by molar-refractivity contribution is 5.84. The number of hydrogen-bond acceptors (Lipinski definition) is 5. The number of nitrogens with zero attached hydrogens (tertiary/aromatic N) is 3. The lowest BCUT2D eigenvalue weighted by atomic mass is 9.82. The van der Waals surface area contributed by atoms with Gasteiger partial charge in [-0.15, -0.1) is 0 Å². The third-order valence-corrected chi connectivity index (χ3v) is 8.18. The number of fused-ring (bicyclic) bond motifs is 2. The minimum atomic E-state index is -0.418. The number of rotatable bonds is 4. The topological polar surface area (TPSA) is 88.2 Å². The van der Waals surface area contributed by atoms with Gasteiger partial charge in [0.25, 0.3) is 0 Å². The molecule has 200 valence electrons. The van der Waals surface area contributed by atoms with E-state index in [9.17, 15) is 14.0 Å². The molecule has 3 atom stereocenters. The van der Waals surface area contributed by atoms with E-state index in [1.807, 2.05) is 18.3 Å². The number of piperidine rings is 1. The van der Waals surface area contributed by atoms with E-state index in [1.165, 1.54) is 12.1 Å². The lowest BCUT2D eigenvalue weighted by molar-refractivity contribution is -0.139. The van der Waals surface area contributed by atoms with E-state index >= 15 is 0 Å². The molecule has 8 heteroatoms. The van der Waals surface area contributed by atoms with Gasteiger partial charge in [0.05, 0.1) is 24.5 Å². The first-order valence-corrected chi connectivity index (χ1v) is 13.6. The van der Waals surface area contributed by atoms with Gasteiger partial charge in [0.15, 0.2) is 5.65 Å². The van der Waals surface area contributed by atoms with E-state index in [0.29, 0.717) is 37.2 Å². The van der Waals surface area contributed by atoms with Crippen LogP contribution in [0, 0.1) is 17.7 Å². The smallest absolute Gasteiger partial charge is 0.223 e. The van der Waals surface area contributed by atoms with Gasteiger partial charge in [-0.25, -0.2) is 14.4 Å². The first-order valence-electron chi connectivity index (χ1n) is 13.6. The fourth-order valence-electron chi connectivity index (χ4n) is 5.95. The highest BCUT2D eigenvalue weighted by Crippen LogP contribution is 2.36. The number of pyridine rings is 1. The van der Waals surface area contributed by atoms with Crippen molar-refractivity contribution in [3.05, 3.63) is 78.0 Å². The number of ether oxygens (including phenoxy) is 1. The SMILES string of the molecule is CC1Cc2cc(-c3cnc4nc[nH]c4c3)ccc2OCCC1CC(=O)N1CCC(=O)CC1c1cccc(F)c1. The van der Waals surface area contributed by atoms with Crippen molar-refractivity contribution < 1.29 is 18.7 Å². The summed E-state index contributed by atoms with van der Waals surface area (Å²) < 4.78 is 20.1. The molecule has 4 aromatic rings. The number of aromatic amines is 1. The summed E-state index contributed by atoms with van der Waals surface area (Å²) in [6, 6.07) is 14.1. The molecule has 0 bridgehead atoms. The summed E-state index contributed by atoms with van der Waals surface area (Å²) in [5, 5.41) is 0. The molecule has 3 unspecified atom stereocenters. The molecule has 4 heterocycles. The van der Waals surface area contributed by atoms with E-state index in [1.54, 1.807) is 23.4 Å². The number of halogens is 1. The normalized spacial score (nSPS) is 21.6. The van der Waals surface area contributed by atoms with Crippen LogP contribution in [-0.2, 0) is 16.0 Å². The zero-order valence-corrected chi connectivity index (χ0v) is 21.9. The number of nitrogens with one attached hydrogen (secondary N) is 1. The Hall–Kier alpha value is -4.07. The molecule has 1 amide bonds. The predicted octanol–water partition coefficient (Wildman–Crippen LogP) is 5.66. The average molecular weight is 527 g/mol. The van der Waals surface area contributed by atoms with Crippen LogP contribution >= 0.6 is 0 Å². The van der Waals surface area contributed by atoms with Gasteiger partial charge in [0.1, 0.15) is 17.3 Å². The van der Waals surface area contributed by atoms with Gasteiger partial charge in [-0.3, -0.25) is 9.59 Å². The molecule has 2 aromatic heterocycles. The minimum Gasteiger partial charge on any atom is -0.493 e.